The molecule has 0 saturated carbocycles. The maximum atomic E-state index is 13.6. The first-order chi connectivity index (χ1) is 11.5. The van der Waals surface area contributed by atoms with Crippen molar-refractivity contribution in [1.82, 2.24) is 4.72 Å². The largest absolute Gasteiger partial charge is 0.371 e. The molecule has 0 unspecified atom stereocenters. The number of rotatable bonds is 6. The van der Waals surface area contributed by atoms with Crippen LogP contribution in [0.15, 0.2) is 47.4 Å². The summed E-state index contributed by atoms with van der Waals surface area (Å²) in [7, 11) is -4.20. The van der Waals surface area contributed by atoms with Crippen LogP contribution in [0.2, 0.25) is 0 Å². The first kappa shape index (κ1) is 16.9. The van der Waals surface area contributed by atoms with Gasteiger partial charge >= 0.3 is 0 Å². The molecule has 4 nitrogen and oxygen atoms in total. The Balaban J connectivity index is 1.57. The van der Waals surface area contributed by atoms with E-state index >= 15 is 0 Å². The molecule has 2 aromatic rings. The lowest BCUT2D eigenvalue weighted by Crippen LogP contribution is -2.30. The SMILES string of the molecule is O=S(=O)(NCCCN1CCc2ccccc21)c1c(F)cccc1F. The van der Waals surface area contributed by atoms with Crippen LogP contribution in [0.3, 0.4) is 0 Å². The van der Waals surface area contributed by atoms with Crippen LogP contribution < -0.4 is 9.62 Å². The van der Waals surface area contributed by atoms with Crippen molar-refractivity contribution >= 4 is 15.7 Å². The van der Waals surface area contributed by atoms with E-state index in [0.717, 1.165) is 31.2 Å². The van der Waals surface area contributed by atoms with Crippen molar-refractivity contribution in [3.8, 4) is 0 Å². The van der Waals surface area contributed by atoms with Gasteiger partial charge in [-0.1, -0.05) is 24.3 Å². The third kappa shape index (κ3) is 3.42. The van der Waals surface area contributed by atoms with Gasteiger partial charge in [-0.05, 0) is 36.6 Å². The Labute approximate surface area is 140 Å². The summed E-state index contributed by atoms with van der Waals surface area (Å²) in [6, 6.07) is 11.1. The number of hydrogen-bond donors (Lipinski definition) is 1. The van der Waals surface area contributed by atoms with Gasteiger partial charge in [0, 0.05) is 25.3 Å². The second-order valence-corrected chi connectivity index (χ2v) is 7.37. The van der Waals surface area contributed by atoms with Gasteiger partial charge in [-0.3, -0.25) is 0 Å². The molecule has 7 heteroatoms. The molecule has 1 N–H and O–H groups in total. The molecule has 1 aliphatic heterocycles. The molecule has 128 valence electrons. The molecule has 0 spiro atoms. The van der Waals surface area contributed by atoms with Gasteiger partial charge in [0.15, 0.2) is 4.90 Å². The normalized spacial score (nSPS) is 14.0. The Kier molecular flexibility index (Phi) is 4.82. The summed E-state index contributed by atoms with van der Waals surface area (Å²) in [5.41, 5.74) is 2.45. The highest BCUT2D eigenvalue weighted by Crippen LogP contribution is 2.27. The summed E-state index contributed by atoms with van der Waals surface area (Å²) in [5, 5.41) is 0. The second kappa shape index (κ2) is 6.86. The average Bonchev–Trinajstić information content (AvgIpc) is 2.94. The number of nitrogens with zero attached hydrogens (tertiary/aromatic N) is 1. The zero-order chi connectivity index (χ0) is 17.2. The molecule has 0 fully saturated rings. The molecule has 0 bridgehead atoms. The molecule has 0 aliphatic carbocycles. The molecule has 0 radical (unpaired) electrons. The Morgan fingerprint density at radius 2 is 1.75 bits per heavy atom. The minimum absolute atomic E-state index is 0.120. The third-order valence-electron chi connectivity index (χ3n) is 4.07. The molecule has 24 heavy (non-hydrogen) atoms. The van der Waals surface area contributed by atoms with E-state index < -0.39 is 26.6 Å². The highest BCUT2D eigenvalue weighted by molar-refractivity contribution is 7.89. The molecule has 3 rings (SSSR count). The van der Waals surface area contributed by atoms with Crippen molar-refractivity contribution in [1.29, 1.82) is 0 Å². The lowest BCUT2D eigenvalue weighted by atomic mass is 10.2. The minimum atomic E-state index is -4.20. The van der Waals surface area contributed by atoms with E-state index in [9.17, 15) is 17.2 Å². The molecule has 1 heterocycles. The standard InChI is InChI=1S/C17H18F2N2O2S/c18-14-6-3-7-15(19)17(14)24(22,23)20-10-4-11-21-12-9-13-5-1-2-8-16(13)21/h1-3,5-8,20H,4,9-12H2. The monoisotopic (exact) mass is 352 g/mol. The summed E-state index contributed by atoms with van der Waals surface area (Å²) >= 11 is 0. The second-order valence-electron chi connectivity index (χ2n) is 5.67. The van der Waals surface area contributed by atoms with E-state index in [1.807, 2.05) is 18.2 Å². The van der Waals surface area contributed by atoms with Crippen molar-refractivity contribution < 1.29 is 17.2 Å². The Morgan fingerprint density at radius 1 is 1.04 bits per heavy atom. The maximum Gasteiger partial charge on any atom is 0.246 e. The molecule has 0 saturated heterocycles. The number of para-hydroxylation sites is 1. The Bertz CT molecular complexity index is 820. The number of nitrogens with one attached hydrogen (secondary N) is 1. The minimum Gasteiger partial charge on any atom is -0.371 e. The van der Waals surface area contributed by atoms with Gasteiger partial charge in [0.05, 0.1) is 0 Å². The molecule has 0 amide bonds. The third-order valence-corrected chi connectivity index (χ3v) is 5.58. The van der Waals surface area contributed by atoms with Crippen LogP contribution >= 0.6 is 0 Å². The fourth-order valence-electron chi connectivity index (χ4n) is 2.93. The molecule has 0 atom stereocenters. The predicted molar refractivity (Wildman–Crippen MR) is 88.5 cm³/mol. The quantitative estimate of drug-likeness (QED) is 0.814. The van der Waals surface area contributed by atoms with Crippen LogP contribution in [-0.4, -0.2) is 28.1 Å². The van der Waals surface area contributed by atoms with Crippen LogP contribution in [0.5, 0.6) is 0 Å². The van der Waals surface area contributed by atoms with Crippen molar-refractivity contribution in [2.45, 2.75) is 17.7 Å². The smallest absolute Gasteiger partial charge is 0.246 e. The fraction of sp³-hybridized carbons (Fsp3) is 0.294. The van der Waals surface area contributed by atoms with Crippen LogP contribution in [0, 0.1) is 11.6 Å². The fourth-order valence-corrected chi connectivity index (χ4v) is 4.13. The van der Waals surface area contributed by atoms with Gasteiger partial charge in [0.2, 0.25) is 10.0 Å². The van der Waals surface area contributed by atoms with Gasteiger partial charge in [0.25, 0.3) is 0 Å². The number of anilines is 1. The topological polar surface area (TPSA) is 49.4 Å². The maximum absolute atomic E-state index is 13.6. The highest BCUT2D eigenvalue weighted by Gasteiger charge is 2.23. The number of benzene rings is 2. The lowest BCUT2D eigenvalue weighted by molar-refractivity contribution is 0.513. The van der Waals surface area contributed by atoms with Crippen LogP contribution in [-0.2, 0) is 16.4 Å². The van der Waals surface area contributed by atoms with Crippen LogP contribution in [0.4, 0.5) is 14.5 Å². The highest BCUT2D eigenvalue weighted by atomic mass is 32.2. The van der Waals surface area contributed by atoms with Crippen molar-refractivity contribution in [3.05, 3.63) is 59.7 Å². The number of fused-ring (bicyclic) bond motifs is 1. The predicted octanol–water partition coefficient (Wildman–Crippen LogP) is 2.70. The van der Waals surface area contributed by atoms with E-state index in [4.69, 9.17) is 0 Å². The molecular formula is C17H18F2N2O2S. The zero-order valence-electron chi connectivity index (χ0n) is 13.0. The molecule has 2 aromatic carbocycles. The Morgan fingerprint density at radius 3 is 2.50 bits per heavy atom. The van der Waals surface area contributed by atoms with Crippen LogP contribution in [0.1, 0.15) is 12.0 Å². The number of halogens is 2. The van der Waals surface area contributed by atoms with Crippen LogP contribution in [0.25, 0.3) is 0 Å². The van der Waals surface area contributed by atoms with E-state index in [2.05, 4.69) is 15.7 Å². The van der Waals surface area contributed by atoms with Gasteiger partial charge in [-0.2, -0.15) is 0 Å². The van der Waals surface area contributed by atoms with Gasteiger partial charge in [0.1, 0.15) is 11.6 Å². The van der Waals surface area contributed by atoms with Gasteiger partial charge < -0.3 is 4.90 Å². The molecular weight excluding hydrogens is 334 g/mol. The van der Waals surface area contributed by atoms with Gasteiger partial charge in [-0.15, -0.1) is 0 Å². The van der Waals surface area contributed by atoms with E-state index in [1.54, 1.807) is 0 Å². The van der Waals surface area contributed by atoms with E-state index in [0.29, 0.717) is 13.0 Å². The summed E-state index contributed by atoms with van der Waals surface area (Å²) < 4.78 is 53.6. The number of hydrogen-bond acceptors (Lipinski definition) is 3. The average molecular weight is 352 g/mol. The molecule has 1 aliphatic rings. The summed E-state index contributed by atoms with van der Waals surface area (Å²) in [6.45, 7) is 1.70. The Hall–Kier alpha value is -1.99. The zero-order valence-corrected chi connectivity index (χ0v) is 13.8. The van der Waals surface area contributed by atoms with Crippen molar-refractivity contribution in [2.75, 3.05) is 24.5 Å². The van der Waals surface area contributed by atoms with E-state index in [-0.39, 0.29) is 6.54 Å². The van der Waals surface area contributed by atoms with Gasteiger partial charge in [-0.25, -0.2) is 21.9 Å². The van der Waals surface area contributed by atoms with Crippen molar-refractivity contribution in [3.63, 3.8) is 0 Å². The number of sulfonamides is 1. The summed E-state index contributed by atoms with van der Waals surface area (Å²) in [5.74, 6) is -2.17. The first-order valence-corrected chi connectivity index (χ1v) is 9.24. The van der Waals surface area contributed by atoms with E-state index in [1.165, 1.54) is 11.3 Å². The molecule has 0 aromatic heterocycles. The summed E-state index contributed by atoms with van der Waals surface area (Å²) in [6.07, 6.45) is 1.52. The lowest BCUT2D eigenvalue weighted by Gasteiger charge is -2.19. The first-order valence-electron chi connectivity index (χ1n) is 7.75. The summed E-state index contributed by atoms with van der Waals surface area (Å²) in [4.78, 5) is 1.27. The van der Waals surface area contributed by atoms with Crippen molar-refractivity contribution in [2.24, 2.45) is 0 Å².